The Bertz CT molecular complexity index is 641. The van der Waals surface area contributed by atoms with Gasteiger partial charge in [0.2, 0.25) is 11.8 Å². The number of hydrogen-bond donors (Lipinski definition) is 1. The Morgan fingerprint density at radius 2 is 2.23 bits per heavy atom. The van der Waals surface area contributed by atoms with Crippen LogP contribution >= 0.6 is 0 Å². The molecule has 2 aromatic rings. The molecule has 2 atom stereocenters. The summed E-state index contributed by atoms with van der Waals surface area (Å²) in [6.07, 6.45) is 2.33. The van der Waals surface area contributed by atoms with Crippen LogP contribution in [0.2, 0.25) is 0 Å². The summed E-state index contributed by atoms with van der Waals surface area (Å²) < 4.78 is 11.1. The van der Waals surface area contributed by atoms with Gasteiger partial charge in [-0.1, -0.05) is 30.3 Å². The fourth-order valence-corrected chi connectivity index (χ4v) is 2.80. The molecule has 0 aliphatic carbocycles. The van der Waals surface area contributed by atoms with Crippen LogP contribution in [0.15, 0.2) is 40.9 Å². The summed E-state index contributed by atoms with van der Waals surface area (Å²) in [6.45, 7) is 1.09. The van der Waals surface area contributed by atoms with Crippen LogP contribution in [0.5, 0.6) is 0 Å². The second-order valence-electron chi connectivity index (χ2n) is 5.43. The third kappa shape index (κ3) is 3.03. The van der Waals surface area contributed by atoms with Gasteiger partial charge in [0.15, 0.2) is 5.76 Å². The molecule has 3 rings (SSSR count). The van der Waals surface area contributed by atoms with Gasteiger partial charge in [-0.05, 0) is 6.42 Å². The number of aromatic nitrogens is 1. The SMILES string of the molecule is CO[C@H]1C[C@@H](C(N)=O)N(Cc2ncc(-c3ccccc3)o2)C1. The second kappa shape index (κ2) is 6.29. The van der Waals surface area contributed by atoms with Crippen molar-refractivity contribution in [3.63, 3.8) is 0 Å². The molecule has 1 aliphatic rings. The number of amides is 1. The fourth-order valence-electron chi connectivity index (χ4n) is 2.80. The number of rotatable bonds is 5. The molecule has 2 heterocycles. The van der Waals surface area contributed by atoms with Gasteiger partial charge in [0.25, 0.3) is 0 Å². The highest BCUT2D eigenvalue weighted by Gasteiger charge is 2.36. The minimum absolute atomic E-state index is 0.0149. The number of carbonyl (C=O) groups is 1. The van der Waals surface area contributed by atoms with Crippen molar-refractivity contribution in [2.75, 3.05) is 13.7 Å². The lowest BCUT2D eigenvalue weighted by Gasteiger charge is -2.19. The highest BCUT2D eigenvalue weighted by atomic mass is 16.5. The molecule has 1 fully saturated rings. The van der Waals surface area contributed by atoms with Crippen molar-refractivity contribution in [2.24, 2.45) is 5.73 Å². The average molecular weight is 301 g/mol. The zero-order chi connectivity index (χ0) is 15.5. The maximum atomic E-state index is 11.6. The van der Waals surface area contributed by atoms with Gasteiger partial charge in [0.05, 0.1) is 24.9 Å². The zero-order valence-corrected chi connectivity index (χ0v) is 12.4. The number of nitrogens with zero attached hydrogens (tertiary/aromatic N) is 2. The molecule has 0 spiro atoms. The molecule has 116 valence electrons. The van der Waals surface area contributed by atoms with Crippen molar-refractivity contribution >= 4 is 5.91 Å². The maximum absolute atomic E-state index is 11.6. The first-order valence-corrected chi connectivity index (χ1v) is 7.23. The summed E-state index contributed by atoms with van der Waals surface area (Å²) in [5, 5.41) is 0. The topological polar surface area (TPSA) is 81.6 Å². The standard InChI is InChI=1S/C16H19N3O3/c1-21-12-7-13(16(17)20)19(9-12)10-15-18-8-14(22-15)11-5-3-2-4-6-11/h2-6,8,12-13H,7,9-10H2,1H3,(H2,17,20)/t12-,13-/m0/s1. The van der Waals surface area contributed by atoms with Crippen molar-refractivity contribution in [2.45, 2.75) is 25.1 Å². The van der Waals surface area contributed by atoms with Crippen LogP contribution in [0.4, 0.5) is 0 Å². The number of carbonyl (C=O) groups excluding carboxylic acids is 1. The lowest BCUT2D eigenvalue weighted by molar-refractivity contribution is -0.122. The molecule has 0 saturated carbocycles. The Labute approximate surface area is 128 Å². The summed E-state index contributed by atoms with van der Waals surface area (Å²) in [7, 11) is 1.64. The van der Waals surface area contributed by atoms with E-state index in [0.29, 0.717) is 31.2 Å². The quantitative estimate of drug-likeness (QED) is 0.903. The van der Waals surface area contributed by atoms with Crippen molar-refractivity contribution in [3.05, 3.63) is 42.4 Å². The van der Waals surface area contributed by atoms with E-state index < -0.39 is 0 Å². The van der Waals surface area contributed by atoms with Crippen LogP contribution in [-0.4, -0.2) is 41.6 Å². The fraction of sp³-hybridized carbons (Fsp3) is 0.375. The lowest BCUT2D eigenvalue weighted by Crippen LogP contribution is -2.39. The van der Waals surface area contributed by atoms with Crippen LogP contribution in [0.1, 0.15) is 12.3 Å². The van der Waals surface area contributed by atoms with E-state index in [1.807, 2.05) is 35.2 Å². The molecule has 6 nitrogen and oxygen atoms in total. The highest BCUT2D eigenvalue weighted by molar-refractivity contribution is 5.80. The Hall–Kier alpha value is -2.18. The predicted octanol–water partition coefficient (Wildman–Crippen LogP) is 1.42. The number of ether oxygens (including phenoxy) is 1. The van der Waals surface area contributed by atoms with E-state index >= 15 is 0 Å². The number of oxazole rings is 1. The zero-order valence-electron chi connectivity index (χ0n) is 12.4. The van der Waals surface area contributed by atoms with E-state index in [9.17, 15) is 4.79 Å². The molecule has 0 bridgehead atoms. The molecule has 1 aliphatic heterocycles. The van der Waals surface area contributed by atoms with E-state index in [4.69, 9.17) is 14.9 Å². The normalized spacial score (nSPS) is 22.0. The molecular formula is C16H19N3O3. The van der Waals surface area contributed by atoms with Crippen molar-refractivity contribution < 1.29 is 13.9 Å². The van der Waals surface area contributed by atoms with E-state index in [0.717, 1.165) is 5.56 Å². The molecule has 0 radical (unpaired) electrons. The smallest absolute Gasteiger partial charge is 0.234 e. The van der Waals surface area contributed by atoms with Gasteiger partial charge in [-0.15, -0.1) is 0 Å². The minimum Gasteiger partial charge on any atom is -0.439 e. The number of primary amides is 1. The average Bonchev–Trinajstić information content (AvgIpc) is 3.15. The highest BCUT2D eigenvalue weighted by Crippen LogP contribution is 2.24. The number of nitrogens with two attached hydrogens (primary N) is 1. The first-order chi connectivity index (χ1) is 10.7. The first-order valence-electron chi connectivity index (χ1n) is 7.23. The van der Waals surface area contributed by atoms with Crippen molar-refractivity contribution in [1.82, 2.24) is 9.88 Å². The first kappa shape index (κ1) is 14.7. The minimum atomic E-state index is -0.339. The molecule has 1 saturated heterocycles. The summed E-state index contributed by atoms with van der Waals surface area (Å²) in [6, 6.07) is 9.44. The predicted molar refractivity (Wildman–Crippen MR) is 80.7 cm³/mol. The van der Waals surface area contributed by atoms with Crippen LogP contribution in [0, 0.1) is 0 Å². The van der Waals surface area contributed by atoms with Gasteiger partial charge in [-0.2, -0.15) is 0 Å². The van der Waals surface area contributed by atoms with Crippen molar-refractivity contribution in [1.29, 1.82) is 0 Å². The number of methoxy groups -OCH3 is 1. The Morgan fingerprint density at radius 1 is 1.45 bits per heavy atom. The van der Waals surface area contributed by atoms with Gasteiger partial charge in [-0.25, -0.2) is 4.98 Å². The summed E-state index contributed by atoms with van der Waals surface area (Å²) in [5.41, 5.74) is 6.44. The third-order valence-electron chi connectivity index (χ3n) is 3.98. The van der Waals surface area contributed by atoms with Crippen LogP contribution in [-0.2, 0) is 16.1 Å². The molecule has 1 amide bonds. The molecule has 1 aromatic carbocycles. The Kier molecular flexibility index (Phi) is 4.22. The maximum Gasteiger partial charge on any atom is 0.234 e. The molecular weight excluding hydrogens is 282 g/mol. The van der Waals surface area contributed by atoms with E-state index in [1.165, 1.54) is 0 Å². The third-order valence-corrected chi connectivity index (χ3v) is 3.98. The molecule has 1 aromatic heterocycles. The van der Waals surface area contributed by atoms with E-state index in [2.05, 4.69) is 4.98 Å². The summed E-state index contributed by atoms with van der Waals surface area (Å²) >= 11 is 0. The van der Waals surface area contributed by atoms with Gasteiger partial charge in [-0.3, -0.25) is 9.69 Å². The van der Waals surface area contributed by atoms with E-state index in [1.54, 1.807) is 13.3 Å². The molecule has 2 N–H and O–H groups in total. The Morgan fingerprint density at radius 3 is 2.91 bits per heavy atom. The van der Waals surface area contributed by atoms with Crippen LogP contribution in [0.3, 0.4) is 0 Å². The van der Waals surface area contributed by atoms with Crippen LogP contribution in [0.25, 0.3) is 11.3 Å². The van der Waals surface area contributed by atoms with Gasteiger partial charge in [0.1, 0.15) is 0 Å². The lowest BCUT2D eigenvalue weighted by atomic mass is 10.2. The number of likely N-dealkylation sites (tertiary alicyclic amines) is 1. The molecule has 0 unspecified atom stereocenters. The summed E-state index contributed by atoms with van der Waals surface area (Å²) in [5.74, 6) is 0.949. The van der Waals surface area contributed by atoms with Gasteiger partial charge in [0, 0.05) is 19.2 Å². The summed E-state index contributed by atoms with van der Waals surface area (Å²) in [4.78, 5) is 17.8. The number of hydrogen-bond acceptors (Lipinski definition) is 5. The van der Waals surface area contributed by atoms with Gasteiger partial charge >= 0.3 is 0 Å². The van der Waals surface area contributed by atoms with Crippen LogP contribution < -0.4 is 5.73 Å². The van der Waals surface area contributed by atoms with E-state index in [-0.39, 0.29) is 18.1 Å². The Balaban J connectivity index is 1.73. The largest absolute Gasteiger partial charge is 0.439 e. The van der Waals surface area contributed by atoms with Gasteiger partial charge < -0.3 is 14.9 Å². The monoisotopic (exact) mass is 301 g/mol. The second-order valence-corrected chi connectivity index (χ2v) is 5.43. The molecule has 6 heteroatoms. The van der Waals surface area contributed by atoms with Crippen molar-refractivity contribution in [3.8, 4) is 11.3 Å². The number of benzene rings is 1. The molecule has 22 heavy (non-hydrogen) atoms.